The molecule has 3 rings (SSSR count). The van der Waals surface area contributed by atoms with Gasteiger partial charge in [-0.2, -0.15) is 5.10 Å². The molecule has 1 atom stereocenters. The quantitative estimate of drug-likeness (QED) is 0.831. The fraction of sp³-hybridized carbons (Fsp3) is 0.267. The van der Waals surface area contributed by atoms with E-state index in [4.69, 9.17) is 0 Å². The van der Waals surface area contributed by atoms with E-state index in [1.165, 1.54) is 14.1 Å². The van der Waals surface area contributed by atoms with Crippen molar-refractivity contribution in [2.45, 2.75) is 12.5 Å². The Balaban J connectivity index is 2.01. The molecule has 114 valence electrons. The smallest absolute Gasteiger partial charge is 0.333 e. The summed E-state index contributed by atoms with van der Waals surface area (Å²) in [4.78, 5) is 24.0. The molecular formula is C15H16N4O3. The lowest BCUT2D eigenvalue weighted by molar-refractivity contribution is 0.410. The Kier molecular flexibility index (Phi) is 3.32. The molecule has 0 bridgehead atoms. The second-order valence-corrected chi connectivity index (χ2v) is 5.26. The van der Waals surface area contributed by atoms with E-state index in [1.54, 1.807) is 0 Å². The molecule has 1 unspecified atom stereocenters. The number of aromatic nitrogens is 2. The van der Waals surface area contributed by atoms with Gasteiger partial charge in [0.05, 0.1) is 11.8 Å². The van der Waals surface area contributed by atoms with Gasteiger partial charge in [-0.1, -0.05) is 30.3 Å². The van der Waals surface area contributed by atoms with E-state index in [0.717, 1.165) is 14.7 Å². The summed E-state index contributed by atoms with van der Waals surface area (Å²) in [6.07, 6.45) is 0.463. The molecule has 0 radical (unpaired) electrons. The van der Waals surface area contributed by atoms with Crippen LogP contribution in [0.5, 0.6) is 5.88 Å². The molecule has 2 aromatic rings. The highest BCUT2D eigenvalue weighted by Crippen LogP contribution is 2.25. The van der Waals surface area contributed by atoms with E-state index in [1.807, 2.05) is 30.3 Å². The lowest BCUT2D eigenvalue weighted by Gasteiger charge is -2.11. The van der Waals surface area contributed by atoms with Crippen LogP contribution in [-0.2, 0) is 14.1 Å². The number of nitrogens with one attached hydrogen (secondary N) is 1. The van der Waals surface area contributed by atoms with Crippen molar-refractivity contribution in [2.24, 2.45) is 19.2 Å². The van der Waals surface area contributed by atoms with Crippen molar-refractivity contribution in [1.29, 1.82) is 0 Å². The number of benzene rings is 1. The van der Waals surface area contributed by atoms with Gasteiger partial charge in [-0.3, -0.25) is 13.9 Å². The molecule has 0 aliphatic carbocycles. The van der Waals surface area contributed by atoms with Crippen molar-refractivity contribution in [2.75, 3.05) is 0 Å². The topological polar surface area (TPSA) is 88.6 Å². The van der Waals surface area contributed by atoms with Gasteiger partial charge in [-0.25, -0.2) is 4.79 Å². The minimum Gasteiger partial charge on any atom is -0.494 e. The van der Waals surface area contributed by atoms with E-state index >= 15 is 0 Å². The van der Waals surface area contributed by atoms with Gasteiger partial charge in [0.2, 0.25) is 5.88 Å². The lowest BCUT2D eigenvalue weighted by Crippen LogP contribution is -2.39. The molecule has 1 aliphatic rings. The van der Waals surface area contributed by atoms with Crippen LogP contribution >= 0.6 is 0 Å². The van der Waals surface area contributed by atoms with E-state index in [9.17, 15) is 14.7 Å². The summed E-state index contributed by atoms with van der Waals surface area (Å²) < 4.78 is 2.00. The maximum absolute atomic E-state index is 12.3. The van der Waals surface area contributed by atoms with Crippen LogP contribution in [0.1, 0.15) is 23.6 Å². The Bertz CT molecular complexity index is 865. The molecule has 7 heteroatoms. The first-order valence-corrected chi connectivity index (χ1v) is 6.87. The van der Waals surface area contributed by atoms with Crippen molar-refractivity contribution < 1.29 is 5.11 Å². The lowest BCUT2D eigenvalue weighted by atomic mass is 10.0. The number of hydrazone groups is 1. The molecule has 1 aromatic heterocycles. The maximum Gasteiger partial charge on any atom is 0.333 e. The normalized spacial score (nSPS) is 17.2. The van der Waals surface area contributed by atoms with Gasteiger partial charge >= 0.3 is 5.69 Å². The average molecular weight is 300 g/mol. The summed E-state index contributed by atoms with van der Waals surface area (Å²) in [5.74, 6) is -0.359. The highest BCUT2D eigenvalue weighted by Gasteiger charge is 2.27. The van der Waals surface area contributed by atoms with Crippen molar-refractivity contribution in [3.8, 4) is 5.88 Å². The van der Waals surface area contributed by atoms with Crippen LogP contribution in [0.3, 0.4) is 0 Å². The summed E-state index contributed by atoms with van der Waals surface area (Å²) in [5.41, 5.74) is 3.41. The summed E-state index contributed by atoms with van der Waals surface area (Å²) in [6.45, 7) is 0. The molecule has 0 spiro atoms. The second-order valence-electron chi connectivity index (χ2n) is 5.26. The van der Waals surface area contributed by atoms with E-state index in [0.29, 0.717) is 12.1 Å². The second kappa shape index (κ2) is 5.18. The summed E-state index contributed by atoms with van der Waals surface area (Å²) in [5, 5.41) is 14.3. The first-order chi connectivity index (χ1) is 10.5. The van der Waals surface area contributed by atoms with Crippen LogP contribution in [0, 0.1) is 0 Å². The number of nitrogens with zero attached hydrogens (tertiary/aromatic N) is 3. The van der Waals surface area contributed by atoms with Gasteiger partial charge in [0.1, 0.15) is 5.56 Å². The monoisotopic (exact) mass is 300 g/mol. The summed E-state index contributed by atoms with van der Waals surface area (Å²) in [7, 11) is 2.80. The third kappa shape index (κ3) is 2.11. The molecule has 0 saturated carbocycles. The Hall–Kier alpha value is -2.83. The van der Waals surface area contributed by atoms with E-state index < -0.39 is 11.2 Å². The average Bonchev–Trinajstić information content (AvgIpc) is 3.02. The zero-order valence-electron chi connectivity index (χ0n) is 12.3. The van der Waals surface area contributed by atoms with Crippen LogP contribution in [0.25, 0.3) is 0 Å². The highest BCUT2D eigenvalue weighted by molar-refractivity contribution is 6.03. The molecule has 22 heavy (non-hydrogen) atoms. The van der Waals surface area contributed by atoms with Gasteiger partial charge in [0, 0.05) is 20.5 Å². The zero-order valence-corrected chi connectivity index (χ0v) is 12.3. The van der Waals surface area contributed by atoms with Gasteiger partial charge < -0.3 is 10.5 Å². The zero-order chi connectivity index (χ0) is 15.9. The largest absolute Gasteiger partial charge is 0.494 e. The van der Waals surface area contributed by atoms with Crippen molar-refractivity contribution >= 4 is 5.71 Å². The fourth-order valence-electron chi connectivity index (χ4n) is 2.56. The molecular weight excluding hydrogens is 284 g/mol. The number of hydrogen-bond acceptors (Lipinski definition) is 5. The van der Waals surface area contributed by atoms with Gasteiger partial charge in [0.15, 0.2) is 0 Å². The predicted molar refractivity (Wildman–Crippen MR) is 82.1 cm³/mol. The minimum atomic E-state index is -0.572. The molecule has 2 heterocycles. The van der Waals surface area contributed by atoms with Gasteiger partial charge in [-0.15, -0.1) is 0 Å². The Morgan fingerprint density at radius 2 is 1.86 bits per heavy atom. The van der Waals surface area contributed by atoms with Crippen LogP contribution in [0.4, 0.5) is 0 Å². The molecule has 0 saturated heterocycles. The van der Waals surface area contributed by atoms with Crippen molar-refractivity contribution in [3.05, 3.63) is 62.3 Å². The number of hydrogen-bond donors (Lipinski definition) is 2. The van der Waals surface area contributed by atoms with E-state index in [-0.39, 0.29) is 17.5 Å². The molecule has 0 fully saturated rings. The van der Waals surface area contributed by atoms with Crippen molar-refractivity contribution in [1.82, 2.24) is 14.6 Å². The van der Waals surface area contributed by atoms with Gasteiger partial charge in [0.25, 0.3) is 5.56 Å². The SMILES string of the molecule is Cn1c(O)c(C2=NNC(c3ccccc3)C2)c(=O)n(C)c1=O. The van der Waals surface area contributed by atoms with Crippen molar-refractivity contribution in [3.63, 3.8) is 0 Å². The molecule has 0 amide bonds. The van der Waals surface area contributed by atoms with Crippen LogP contribution in [-0.4, -0.2) is 20.0 Å². The first kappa shape index (κ1) is 14.1. The highest BCUT2D eigenvalue weighted by atomic mass is 16.3. The fourth-order valence-corrected chi connectivity index (χ4v) is 2.56. The van der Waals surface area contributed by atoms with Crippen LogP contribution in [0.15, 0.2) is 45.0 Å². The van der Waals surface area contributed by atoms with E-state index in [2.05, 4.69) is 10.5 Å². The molecule has 7 nitrogen and oxygen atoms in total. The third-order valence-corrected chi connectivity index (χ3v) is 3.88. The van der Waals surface area contributed by atoms with Crippen LogP contribution in [0.2, 0.25) is 0 Å². The Labute approximate surface area is 126 Å². The maximum atomic E-state index is 12.3. The Morgan fingerprint density at radius 3 is 2.55 bits per heavy atom. The minimum absolute atomic E-state index is 0.0578. The van der Waals surface area contributed by atoms with Crippen LogP contribution < -0.4 is 16.7 Å². The molecule has 2 N–H and O–H groups in total. The number of aromatic hydroxyl groups is 1. The molecule has 1 aliphatic heterocycles. The predicted octanol–water partition coefficient (Wildman–Crippen LogP) is 0.228. The first-order valence-electron chi connectivity index (χ1n) is 6.87. The number of rotatable bonds is 2. The summed E-state index contributed by atoms with van der Waals surface area (Å²) in [6, 6.07) is 9.66. The standard InChI is InChI=1S/C15H16N4O3/c1-18-13(20)12(14(21)19(2)15(18)22)11-8-10(16-17-11)9-6-4-3-5-7-9/h3-7,10,16,20H,8H2,1-2H3. The Morgan fingerprint density at radius 1 is 1.18 bits per heavy atom. The molecule has 1 aromatic carbocycles. The summed E-state index contributed by atoms with van der Waals surface area (Å²) >= 11 is 0. The third-order valence-electron chi connectivity index (χ3n) is 3.88. The van der Waals surface area contributed by atoms with Gasteiger partial charge in [-0.05, 0) is 5.56 Å².